The number of hydrogen-bond donors (Lipinski definition) is 1. The van der Waals surface area contributed by atoms with Crippen molar-refractivity contribution in [1.82, 2.24) is 10.2 Å². The second kappa shape index (κ2) is 6.37. The fourth-order valence-corrected chi connectivity index (χ4v) is 3.83. The van der Waals surface area contributed by atoms with Crippen LogP contribution in [0.5, 0.6) is 0 Å². The van der Waals surface area contributed by atoms with Crippen molar-refractivity contribution in [3.63, 3.8) is 0 Å². The van der Waals surface area contributed by atoms with Crippen molar-refractivity contribution in [2.24, 2.45) is 11.8 Å². The molecule has 0 bridgehead atoms. The molecule has 2 saturated heterocycles. The average Bonchev–Trinajstić information content (AvgIpc) is 2.84. The van der Waals surface area contributed by atoms with Crippen molar-refractivity contribution < 1.29 is 4.79 Å². The number of hydrogen-bond acceptors (Lipinski definition) is 2. The van der Waals surface area contributed by atoms with Crippen molar-refractivity contribution in [3.8, 4) is 0 Å². The first-order valence-corrected chi connectivity index (χ1v) is 8.28. The number of nitrogens with zero attached hydrogens (tertiary/aromatic N) is 1. The summed E-state index contributed by atoms with van der Waals surface area (Å²) in [5, 5.41) is 4.17. The summed E-state index contributed by atoms with van der Waals surface area (Å²) in [5.74, 6) is 1.64. The monoisotopic (exact) mass is 306 g/mol. The summed E-state index contributed by atoms with van der Waals surface area (Å²) >= 11 is 6.04. The van der Waals surface area contributed by atoms with Crippen LogP contribution >= 0.6 is 11.6 Å². The van der Waals surface area contributed by atoms with E-state index in [0.29, 0.717) is 5.02 Å². The molecule has 1 N–H and O–H groups in total. The van der Waals surface area contributed by atoms with E-state index in [1.807, 2.05) is 31.2 Å². The third-order valence-electron chi connectivity index (χ3n) is 5.05. The zero-order chi connectivity index (χ0) is 14.8. The molecule has 2 fully saturated rings. The first kappa shape index (κ1) is 14.9. The standard InChI is InChI=1S/C17H23ClN2O/c1-12(13-3-2-4-16(18)9-13)17(21)20-7-5-14-10-19-11-15(14)6-8-20/h2-4,9,12,14-15,19H,5-8,10-11H2,1H3/t12?,14-,15+. The quantitative estimate of drug-likeness (QED) is 0.911. The summed E-state index contributed by atoms with van der Waals surface area (Å²) in [6.07, 6.45) is 2.26. The second-order valence-electron chi connectivity index (χ2n) is 6.36. The molecule has 1 aromatic carbocycles. The van der Waals surface area contributed by atoms with Crippen LogP contribution in [0.15, 0.2) is 24.3 Å². The topological polar surface area (TPSA) is 32.3 Å². The number of carbonyl (C=O) groups is 1. The fourth-order valence-electron chi connectivity index (χ4n) is 3.63. The molecule has 0 radical (unpaired) electrons. The van der Waals surface area contributed by atoms with Crippen molar-refractivity contribution >= 4 is 17.5 Å². The van der Waals surface area contributed by atoms with E-state index in [4.69, 9.17) is 11.6 Å². The molecule has 3 atom stereocenters. The third-order valence-corrected chi connectivity index (χ3v) is 5.29. The maximum absolute atomic E-state index is 12.7. The largest absolute Gasteiger partial charge is 0.342 e. The van der Waals surface area contributed by atoms with Crippen LogP contribution in [0.3, 0.4) is 0 Å². The SMILES string of the molecule is CC(C(=O)N1CC[C@@H]2CNC[C@@H]2CC1)c1cccc(Cl)c1. The number of likely N-dealkylation sites (tertiary alicyclic amines) is 1. The molecule has 2 aliphatic rings. The fraction of sp³-hybridized carbons (Fsp3) is 0.588. The first-order valence-electron chi connectivity index (χ1n) is 7.90. The Morgan fingerprint density at radius 1 is 1.29 bits per heavy atom. The summed E-state index contributed by atoms with van der Waals surface area (Å²) in [4.78, 5) is 14.8. The van der Waals surface area contributed by atoms with Gasteiger partial charge in [-0.3, -0.25) is 4.79 Å². The molecule has 1 amide bonds. The highest BCUT2D eigenvalue weighted by Gasteiger charge is 2.32. The van der Waals surface area contributed by atoms with E-state index in [-0.39, 0.29) is 11.8 Å². The minimum absolute atomic E-state index is 0.111. The summed E-state index contributed by atoms with van der Waals surface area (Å²) < 4.78 is 0. The number of fused-ring (bicyclic) bond motifs is 1. The molecule has 114 valence electrons. The summed E-state index contributed by atoms with van der Waals surface area (Å²) in [5.41, 5.74) is 1.01. The highest BCUT2D eigenvalue weighted by atomic mass is 35.5. The van der Waals surface area contributed by atoms with Gasteiger partial charge in [0.05, 0.1) is 5.92 Å². The zero-order valence-electron chi connectivity index (χ0n) is 12.5. The Labute approximate surface area is 131 Å². The van der Waals surface area contributed by atoms with E-state index in [9.17, 15) is 4.79 Å². The van der Waals surface area contributed by atoms with Gasteiger partial charge in [-0.2, -0.15) is 0 Å². The van der Waals surface area contributed by atoms with Gasteiger partial charge in [0, 0.05) is 18.1 Å². The van der Waals surface area contributed by atoms with E-state index < -0.39 is 0 Å². The average molecular weight is 307 g/mol. The van der Waals surface area contributed by atoms with Crippen LogP contribution in [-0.4, -0.2) is 37.0 Å². The Kier molecular flexibility index (Phi) is 4.51. The molecule has 0 aromatic heterocycles. The van der Waals surface area contributed by atoms with Gasteiger partial charge in [-0.1, -0.05) is 23.7 Å². The van der Waals surface area contributed by atoms with E-state index in [1.165, 1.54) is 0 Å². The predicted octanol–water partition coefficient (Wildman–Crippen LogP) is 2.90. The zero-order valence-corrected chi connectivity index (χ0v) is 13.3. The van der Waals surface area contributed by atoms with Gasteiger partial charge < -0.3 is 10.2 Å². The number of carbonyl (C=O) groups excluding carboxylic acids is 1. The van der Waals surface area contributed by atoms with Gasteiger partial charge >= 0.3 is 0 Å². The van der Waals surface area contributed by atoms with Gasteiger partial charge in [0.2, 0.25) is 5.91 Å². The van der Waals surface area contributed by atoms with Crippen LogP contribution in [0.4, 0.5) is 0 Å². The normalized spacial score (nSPS) is 27.0. The van der Waals surface area contributed by atoms with Crippen LogP contribution in [0.25, 0.3) is 0 Å². The third kappa shape index (κ3) is 3.24. The molecule has 1 aromatic rings. The molecule has 21 heavy (non-hydrogen) atoms. The van der Waals surface area contributed by atoms with Crippen LogP contribution < -0.4 is 5.32 Å². The number of rotatable bonds is 2. The molecule has 4 heteroatoms. The number of amides is 1. The molecular formula is C17H23ClN2O. The Hall–Kier alpha value is -1.06. The van der Waals surface area contributed by atoms with Crippen molar-refractivity contribution in [1.29, 1.82) is 0 Å². The molecule has 0 aliphatic carbocycles. The molecule has 0 spiro atoms. The predicted molar refractivity (Wildman–Crippen MR) is 85.5 cm³/mol. The molecule has 1 unspecified atom stereocenters. The Morgan fingerprint density at radius 3 is 2.57 bits per heavy atom. The van der Waals surface area contributed by atoms with Crippen LogP contribution in [0.2, 0.25) is 5.02 Å². The molecule has 3 nitrogen and oxygen atoms in total. The summed E-state index contributed by atoms with van der Waals surface area (Å²) in [6.45, 7) is 6.02. The highest BCUT2D eigenvalue weighted by molar-refractivity contribution is 6.30. The van der Waals surface area contributed by atoms with Crippen LogP contribution in [-0.2, 0) is 4.79 Å². The Bertz CT molecular complexity index is 505. The van der Waals surface area contributed by atoms with Crippen molar-refractivity contribution in [2.75, 3.05) is 26.2 Å². The van der Waals surface area contributed by atoms with Crippen molar-refractivity contribution in [3.05, 3.63) is 34.9 Å². The summed E-state index contributed by atoms with van der Waals surface area (Å²) in [7, 11) is 0. The summed E-state index contributed by atoms with van der Waals surface area (Å²) in [6, 6.07) is 7.66. The number of halogens is 1. The lowest BCUT2D eigenvalue weighted by Gasteiger charge is -2.25. The number of benzene rings is 1. The van der Waals surface area contributed by atoms with Gasteiger partial charge in [0.15, 0.2) is 0 Å². The van der Waals surface area contributed by atoms with Gasteiger partial charge in [-0.15, -0.1) is 0 Å². The lowest BCUT2D eigenvalue weighted by molar-refractivity contribution is -0.132. The lowest BCUT2D eigenvalue weighted by atomic mass is 9.92. The maximum Gasteiger partial charge on any atom is 0.229 e. The highest BCUT2D eigenvalue weighted by Crippen LogP contribution is 2.29. The van der Waals surface area contributed by atoms with Gasteiger partial charge in [0.1, 0.15) is 0 Å². The van der Waals surface area contributed by atoms with Crippen LogP contribution in [0, 0.1) is 11.8 Å². The van der Waals surface area contributed by atoms with Gasteiger partial charge in [-0.05, 0) is 62.4 Å². The van der Waals surface area contributed by atoms with E-state index >= 15 is 0 Å². The molecule has 3 rings (SSSR count). The molecule has 2 aliphatic heterocycles. The first-order chi connectivity index (χ1) is 10.1. The lowest BCUT2D eigenvalue weighted by Crippen LogP contribution is -2.35. The van der Waals surface area contributed by atoms with E-state index in [1.54, 1.807) is 0 Å². The maximum atomic E-state index is 12.7. The van der Waals surface area contributed by atoms with E-state index in [2.05, 4.69) is 10.2 Å². The Morgan fingerprint density at radius 2 is 1.95 bits per heavy atom. The van der Waals surface area contributed by atoms with Crippen LogP contribution in [0.1, 0.15) is 31.2 Å². The Balaban J connectivity index is 1.67. The molecular weight excluding hydrogens is 284 g/mol. The second-order valence-corrected chi connectivity index (χ2v) is 6.79. The van der Waals surface area contributed by atoms with E-state index in [0.717, 1.165) is 56.4 Å². The van der Waals surface area contributed by atoms with Crippen molar-refractivity contribution in [2.45, 2.75) is 25.7 Å². The minimum atomic E-state index is -0.111. The molecule has 2 heterocycles. The smallest absolute Gasteiger partial charge is 0.229 e. The minimum Gasteiger partial charge on any atom is -0.342 e. The van der Waals surface area contributed by atoms with Gasteiger partial charge in [0.25, 0.3) is 0 Å². The van der Waals surface area contributed by atoms with Gasteiger partial charge in [-0.25, -0.2) is 0 Å². The molecule has 0 saturated carbocycles. The number of nitrogens with one attached hydrogen (secondary N) is 1.